The van der Waals surface area contributed by atoms with Gasteiger partial charge in [-0.15, -0.1) is 0 Å². The minimum absolute atomic E-state index is 0.227. The molecule has 0 aliphatic carbocycles. The second-order valence-electron chi connectivity index (χ2n) is 5.94. The minimum Gasteiger partial charge on any atom is -0.497 e. The molecule has 128 valence electrons. The van der Waals surface area contributed by atoms with Crippen LogP contribution in [0.2, 0.25) is 0 Å². The molecule has 0 bridgehead atoms. The predicted octanol–water partition coefficient (Wildman–Crippen LogP) is 5.14. The van der Waals surface area contributed by atoms with Gasteiger partial charge in [0.05, 0.1) is 18.8 Å². The highest BCUT2D eigenvalue weighted by Gasteiger charge is 2.21. The molecule has 0 radical (unpaired) electrons. The third-order valence-electron chi connectivity index (χ3n) is 3.83. The number of carbonyl (C=O) groups excluding carboxylic acids is 1. The summed E-state index contributed by atoms with van der Waals surface area (Å²) in [5, 5.41) is 0.720. The van der Waals surface area contributed by atoms with Gasteiger partial charge in [0.15, 0.2) is 0 Å². The Balaban J connectivity index is 2.38. The van der Waals surface area contributed by atoms with Crippen molar-refractivity contribution in [1.29, 1.82) is 0 Å². The number of fused-ring (bicyclic) bond motifs is 1. The highest BCUT2D eigenvalue weighted by Crippen LogP contribution is 2.33. The van der Waals surface area contributed by atoms with Crippen molar-refractivity contribution in [2.75, 3.05) is 7.11 Å². The van der Waals surface area contributed by atoms with Crippen molar-refractivity contribution >= 4 is 29.1 Å². The Morgan fingerprint density at radius 3 is 2.48 bits per heavy atom. The zero-order valence-electron chi connectivity index (χ0n) is 14.3. The van der Waals surface area contributed by atoms with Crippen molar-refractivity contribution in [2.45, 2.75) is 20.0 Å². The summed E-state index contributed by atoms with van der Waals surface area (Å²) in [4.78, 5) is 16.1. The quantitative estimate of drug-likeness (QED) is 0.521. The molecule has 25 heavy (non-hydrogen) atoms. The van der Waals surface area contributed by atoms with E-state index < -0.39 is 5.97 Å². The van der Waals surface area contributed by atoms with Gasteiger partial charge in [-0.1, -0.05) is 42.5 Å². The van der Waals surface area contributed by atoms with Crippen LogP contribution >= 0.6 is 12.2 Å². The largest absolute Gasteiger partial charge is 0.497 e. The van der Waals surface area contributed by atoms with E-state index in [1.54, 1.807) is 7.11 Å². The van der Waals surface area contributed by atoms with E-state index in [1.165, 1.54) is 0 Å². The Labute approximate surface area is 151 Å². The second kappa shape index (κ2) is 7.07. The third-order valence-corrected chi connectivity index (χ3v) is 4.14. The molecule has 0 saturated heterocycles. The lowest BCUT2D eigenvalue weighted by atomic mass is 9.97. The summed E-state index contributed by atoms with van der Waals surface area (Å²) in [6, 6.07) is 15.1. The highest BCUT2D eigenvalue weighted by atomic mass is 32.1. The van der Waals surface area contributed by atoms with Gasteiger partial charge < -0.3 is 14.5 Å². The number of hydrogen-bond acceptors (Lipinski definition) is 4. The van der Waals surface area contributed by atoms with E-state index in [1.807, 2.05) is 62.4 Å². The molecule has 1 N–H and O–H groups in total. The van der Waals surface area contributed by atoms with Crippen LogP contribution in [0.1, 0.15) is 24.2 Å². The minimum atomic E-state index is -0.396. The number of H-pyrrole nitrogens is 1. The molecular weight excluding hydrogens is 334 g/mol. The monoisotopic (exact) mass is 353 g/mol. The molecule has 4 nitrogen and oxygen atoms in total. The normalized spacial score (nSPS) is 10.9. The molecule has 0 aliphatic heterocycles. The summed E-state index contributed by atoms with van der Waals surface area (Å²) in [6.07, 6.45) is -0.227. The first-order chi connectivity index (χ1) is 12.0. The lowest BCUT2D eigenvalue weighted by Crippen LogP contribution is -2.14. The van der Waals surface area contributed by atoms with Gasteiger partial charge in [-0.25, -0.2) is 4.79 Å². The van der Waals surface area contributed by atoms with Crippen LogP contribution in [0.5, 0.6) is 5.75 Å². The van der Waals surface area contributed by atoms with Crippen LogP contribution in [0.15, 0.2) is 48.5 Å². The van der Waals surface area contributed by atoms with Gasteiger partial charge in [0.1, 0.15) is 10.4 Å². The predicted molar refractivity (Wildman–Crippen MR) is 102 cm³/mol. The molecule has 0 amide bonds. The number of rotatable bonds is 4. The van der Waals surface area contributed by atoms with E-state index in [9.17, 15) is 4.79 Å². The molecule has 0 fully saturated rings. The molecule has 3 rings (SSSR count). The number of carbonyl (C=O) groups is 1. The number of esters is 1. The molecule has 0 atom stereocenters. The fourth-order valence-corrected chi connectivity index (χ4v) is 3.09. The van der Waals surface area contributed by atoms with E-state index in [2.05, 4.69) is 4.98 Å². The van der Waals surface area contributed by atoms with Crippen LogP contribution in [0.4, 0.5) is 0 Å². The molecule has 1 aromatic heterocycles. The first-order valence-electron chi connectivity index (χ1n) is 8.01. The van der Waals surface area contributed by atoms with E-state index in [4.69, 9.17) is 21.7 Å². The van der Waals surface area contributed by atoms with Crippen molar-refractivity contribution in [3.8, 4) is 16.9 Å². The van der Waals surface area contributed by atoms with Gasteiger partial charge in [-0.3, -0.25) is 0 Å². The molecular formula is C20H19NO3S. The third kappa shape index (κ3) is 3.42. The van der Waals surface area contributed by atoms with Gasteiger partial charge >= 0.3 is 5.97 Å². The molecule has 0 spiro atoms. The number of methoxy groups -OCH3 is 1. The van der Waals surface area contributed by atoms with Crippen molar-refractivity contribution in [1.82, 2.24) is 4.98 Å². The molecule has 3 aromatic rings. The standard InChI is InChI=1S/C20H19NO3S/c1-12(2)24-20(22)18-15-11-14(23-3)9-10-16(15)21-19(25)17(18)13-7-5-4-6-8-13/h4-12H,1-3H3,(H,21,25). The molecule has 0 unspecified atom stereocenters. The molecule has 5 heteroatoms. The summed E-state index contributed by atoms with van der Waals surface area (Å²) >= 11 is 5.55. The molecule has 0 aliphatic rings. The summed E-state index contributed by atoms with van der Waals surface area (Å²) in [5.74, 6) is 0.267. The summed E-state index contributed by atoms with van der Waals surface area (Å²) in [6.45, 7) is 3.65. The average Bonchev–Trinajstić information content (AvgIpc) is 2.60. The van der Waals surface area contributed by atoms with Gasteiger partial charge in [0, 0.05) is 16.5 Å². The maximum absolute atomic E-state index is 12.9. The van der Waals surface area contributed by atoms with Crippen LogP contribution in [0, 0.1) is 4.64 Å². The van der Waals surface area contributed by atoms with Crippen LogP contribution in [-0.2, 0) is 4.74 Å². The van der Waals surface area contributed by atoms with E-state index in [-0.39, 0.29) is 6.10 Å². The van der Waals surface area contributed by atoms with E-state index in [0.29, 0.717) is 21.5 Å². The van der Waals surface area contributed by atoms with E-state index in [0.717, 1.165) is 16.5 Å². The molecule has 1 heterocycles. The van der Waals surface area contributed by atoms with Crippen LogP contribution in [-0.4, -0.2) is 24.2 Å². The van der Waals surface area contributed by atoms with Crippen molar-refractivity contribution in [3.05, 3.63) is 58.7 Å². The van der Waals surface area contributed by atoms with Crippen LogP contribution in [0.3, 0.4) is 0 Å². The Morgan fingerprint density at radius 1 is 1.12 bits per heavy atom. The van der Waals surface area contributed by atoms with Crippen molar-refractivity contribution < 1.29 is 14.3 Å². The topological polar surface area (TPSA) is 51.3 Å². The number of benzene rings is 2. The van der Waals surface area contributed by atoms with Crippen molar-refractivity contribution in [2.24, 2.45) is 0 Å². The van der Waals surface area contributed by atoms with Gasteiger partial charge in [-0.2, -0.15) is 0 Å². The van der Waals surface area contributed by atoms with Crippen LogP contribution < -0.4 is 4.74 Å². The first-order valence-corrected chi connectivity index (χ1v) is 8.42. The molecule has 0 saturated carbocycles. The number of hydrogen-bond donors (Lipinski definition) is 1. The number of aromatic nitrogens is 1. The van der Waals surface area contributed by atoms with Crippen molar-refractivity contribution in [3.63, 3.8) is 0 Å². The number of aromatic amines is 1. The lowest BCUT2D eigenvalue weighted by molar-refractivity contribution is 0.0381. The van der Waals surface area contributed by atoms with Gasteiger partial charge in [0.2, 0.25) is 0 Å². The summed E-state index contributed by atoms with van der Waals surface area (Å²) < 4.78 is 11.3. The summed E-state index contributed by atoms with van der Waals surface area (Å²) in [5.41, 5.74) is 2.75. The Morgan fingerprint density at radius 2 is 1.84 bits per heavy atom. The fraction of sp³-hybridized carbons (Fsp3) is 0.200. The SMILES string of the molecule is COc1ccc2[nH]c(=S)c(-c3ccccc3)c(C(=O)OC(C)C)c2c1. The summed E-state index contributed by atoms with van der Waals surface area (Å²) in [7, 11) is 1.59. The lowest BCUT2D eigenvalue weighted by Gasteiger charge is -2.15. The Kier molecular flexibility index (Phi) is 4.86. The number of nitrogens with one attached hydrogen (secondary N) is 1. The molecule has 2 aromatic carbocycles. The zero-order chi connectivity index (χ0) is 18.0. The Bertz CT molecular complexity index is 977. The fourth-order valence-electron chi connectivity index (χ4n) is 2.76. The highest BCUT2D eigenvalue weighted by molar-refractivity contribution is 7.71. The average molecular weight is 353 g/mol. The smallest absolute Gasteiger partial charge is 0.339 e. The van der Waals surface area contributed by atoms with Gasteiger partial charge in [0.25, 0.3) is 0 Å². The van der Waals surface area contributed by atoms with E-state index >= 15 is 0 Å². The zero-order valence-corrected chi connectivity index (χ0v) is 15.1. The first kappa shape index (κ1) is 17.2. The number of pyridine rings is 1. The number of ether oxygens (including phenoxy) is 2. The Hall–Kier alpha value is -2.66. The maximum Gasteiger partial charge on any atom is 0.339 e. The van der Waals surface area contributed by atoms with Crippen LogP contribution in [0.25, 0.3) is 22.0 Å². The second-order valence-corrected chi connectivity index (χ2v) is 6.34. The van der Waals surface area contributed by atoms with Gasteiger partial charge in [-0.05, 0) is 37.6 Å². The maximum atomic E-state index is 12.9.